The van der Waals surface area contributed by atoms with Gasteiger partial charge in [0, 0.05) is 22.7 Å². The zero-order chi connectivity index (χ0) is 39.0. The maximum Gasteiger partial charge on any atom is 1.00 e. The molecule has 4 N–H and O–H groups in total. The fraction of sp³-hybridized carbons (Fsp3) is 0.0714. The molecule has 2 aromatic carbocycles. The monoisotopic (exact) mass is 883 g/mol. The smallest absolute Gasteiger partial charge is 0.871 e. The molecule has 0 bridgehead atoms. The molecule has 5 rings (SSSR count). The number of nitrogens with one attached hydrogen (secondary N) is 2. The number of nitrogens with zero attached hydrogens (tertiary/aromatic N) is 7. The number of non-ortho nitro benzene ring substituents is 1. The van der Waals surface area contributed by atoms with Crippen molar-refractivity contribution in [1.29, 1.82) is 0 Å². The summed E-state index contributed by atoms with van der Waals surface area (Å²) in [7, 11) is -9.57. The second kappa shape index (κ2) is 21.0. The van der Waals surface area contributed by atoms with Gasteiger partial charge in [-0.3, -0.25) is 24.6 Å². The molecule has 28 heteroatoms. The summed E-state index contributed by atoms with van der Waals surface area (Å²) in [5, 5.41) is 30.6. The largest absolute Gasteiger partial charge is 1.00 e. The molecule has 282 valence electrons. The van der Waals surface area contributed by atoms with Crippen LogP contribution in [0.2, 0.25) is 5.28 Å². The van der Waals surface area contributed by atoms with Crippen molar-refractivity contribution in [2.75, 3.05) is 24.0 Å². The van der Waals surface area contributed by atoms with Gasteiger partial charge in [-0.1, -0.05) is 11.8 Å². The minimum absolute atomic E-state index is 0. The van der Waals surface area contributed by atoms with E-state index in [1.807, 2.05) is 0 Å². The van der Waals surface area contributed by atoms with Crippen molar-refractivity contribution in [1.82, 2.24) is 15.0 Å². The van der Waals surface area contributed by atoms with E-state index in [0.29, 0.717) is 16.3 Å². The molecule has 0 atom stereocenters. The van der Waals surface area contributed by atoms with E-state index in [1.165, 1.54) is 66.8 Å². The molecule has 1 aromatic heterocycles. The second-order valence-electron chi connectivity index (χ2n) is 10.1. The second-order valence-corrected chi connectivity index (χ2v) is 14.0. The number of aromatic nitrogens is 3. The van der Waals surface area contributed by atoms with E-state index >= 15 is 0 Å². The maximum atomic E-state index is 13.4. The number of allylic oxidation sites excluding steroid dienone is 7. The van der Waals surface area contributed by atoms with Crippen molar-refractivity contribution < 1.29 is 108 Å². The van der Waals surface area contributed by atoms with E-state index in [1.54, 1.807) is 0 Å². The number of halogens is 1. The average molecular weight is 884 g/mol. The summed E-state index contributed by atoms with van der Waals surface area (Å²) in [5.41, 5.74) is 2.79. The van der Waals surface area contributed by atoms with Crippen LogP contribution in [-0.4, -0.2) is 75.6 Å². The van der Waals surface area contributed by atoms with Gasteiger partial charge < -0.3 is 23.1 Å². The van der Waals surface area contributed by atoms with E-state index in [-0.39, 0.29) is 111 Å². The molecule has 0 spiro atoms. The third-order valence-corrected chi connectivity index (χ3v) is 8.69. The van der Waals surface area contributed by atoms with Crippen LogP contribution in [0, 0.1) is 10.1 Å². The Morgan fingerprint density at radius 3 is 2.25 bits per heavy atom. The number of hydrazone groups is 1. The van der Waals surface area contributed by atoms with Gasteiger partial charge in [-0.15, -0.1) is 0 Å². The van der Waals surface area contributed by atoms with Crippen LogP contribution in [0.1, 0.15) is 0 Å². The number of anilines is 2. The fourth-order valence-corrected chi connectivity index (χ4v) is 5.86. The third-order valence-electron chi connectivity index (χ3n) is 6.37. The van der Waals surface area contributed by atoms with Crippen LogP contribution in [0.3, 0.4) is 0 Å². The Morgan fingerprint density at radius 2 is 1.61 bits per heavy atom. The first-order valence-electron chi connectivity index (χ1n) is 14.3. The van der Waals surface area contributed by atoms with Crippen molar-refractivity contribution in [2.45, 2.75) is 4.90 Å². The van der Waals surface area contributed by atoms with E-state index in [0.717, 1.165) is 18.1 Å². The van der Waals surface area contributed by atoms with Crippen molar-refractivity contribution in [3.05, 3.63) is 110 Å². The van der Waals surface area contributed by atoms with Crippen molar-refractivity contribution in [3.8, 4) is 0 Å². The van der Waals surface area contributed by atoms with Crippen molar-refractivity contribution in [3.63, 3.8) is 0 Å². The van der Waals surface area contributed by atoms with Gasteiger partial charge in [0.05, 0.1) is 40.7 Å². The molecule has 2 aliphatic carbocycles. The molecule has 3 aromatic rings. The van der Waals surface area contributed by atoms with Crippen LogP contribution < -0.4 is 75.0 Å². The van der Waals surface area contributed by atoms with Crippen LogP contribution in [0.15, 0.2) is 115 Å². The Morgan fingerprint density at radius 1 is 0.946 bits per heavy atom. The van der Waals surface area contributed by atoms with Crippen molar-refractivity contribution >= 4 is 102 Å². The zero-order valence-corrected chi connectivity index (χ0v) is 36.5. The maximum absolute atomic E-state index is 13.4. The van der Waals surface area contributed by atoms with Crippen LogP contribution >= 0.6 is 23.6 Å². The normalized spacial score (nSPS) is 15.7. The van der Waals surface area contributed by atoms with Crippen LogP contribution in [0.5, 0.6) is 0 Å². The van der Waals surface area contributed by atoms with Gasteiger partial charge in [0.1, 0.15) is 11.5 Å². The van der Waals surface area contributed by atoms with E-state index < -0.39 is 48.4 Å². The molecule has 1 heterocycles. The first kappa shape index (κ1) is 47.2. The molecule has 56 heavy (non-hydrogen) atoms. The number of amidine groups is 1. The van der Waals surface area contributed by atoms with Gasteiger partial charge in [-0.2, -0.15) is 41.2 Å². The Kier molecular flexibility index (Phi) is 17.7. The van der Waals surface area contributed by atoms with Gasteiger partial charge in [0.25, 0.3) is 27.7 Å². The summed E-state index contributed by atoms with van der Waals surface area (Å²) >= 11 is 12.0. The molecule has 0 saturated heterocycles. The minimum atomic E-state index is -4.97. The summed E-state index contributed by atoms with van der Waals surface area (Å²) in [6.07, 6.45) is 5.13. The summed E-state index contributed by atoms with van der Waals surface area (Å²) < 4.78 is 73.1. The average Bonchev–Trinajstić information content (AvgIpc) is 3.09. The van der Waals surface area contributed by atoms with Gasteiger partial charge in [0.15, 0.2) is 0 Å². The Hall–Kier alpha value is -3.22. The predicted octanol–water partition coefficient (Wildman–Crippen LogP) is -2.70. The number of hydrogen-bond donors (Lipinski definition) is 4. The standard InChI is InChI=1S/C28H22ClN9O12S4.2Na/c29-25-32-26(34-27(33-25)35-28(51)31-16-1-6-19(7-2-16)38(40)41)30-18-5-10-21-15(13-18)14-22(53(42,43)44)23(24(21)39)37-36-17-3-8-20(9-4-17)52-50-48-11-12-49-54(45,46)47;;/h1-10,13-14,36,39H,11-12H2,(H,42,43,44)(H,45,46,47)(H2,31,32,33,34,35,51);;/q;2*+1/p-2. The predicted molar refractivity (Wildman–Crippen MR) is 195 cm³/mol. The van der Waals surface area contributed by atoms with Crippen LogP contribution in [0.4, 0.5) is 29.0 Å². The van der Waals surface area contributed by atoms with Gasteiger partial charge in [-0.05, 0) is 82.5 Å². The van der Waals surface area contributed by atoms with Crippen LogP contribution in [-0.2, 0) is 46.6 Å². The minimum Gasteiger partial charge on any atom is -0.871 e. The van der Waals surface area contributed by atoms with E-state index in [2.05, 4.69) is 45.0 Å². The van der Waals surface area contributed by atoms with E-state index in [9.17, 15) is 36.6 Å². The number of nitro groups is 1. The Bertz CT molecular complexity index is 2410. The topological polar surface area (TPSA) is 302 Å². The quantitative estimate of drug-likeness (QED) is 0.0122. The number of nitro benzene ring substituents is 1. The number of benzene rings is 2. The zero-order valence-electron chi connectivity index (χ0n) is 28.5. The molecule has 0 radical (unpaired) electrons. The van der Waals surface area contributed by atoms with Gasteiger partial charge >= 0.3 is 69.5 Å². The summed E-state index contributed by atoms with van der Waals surface area (Å²) in [6, 6.07) is 11.5. The van der Waals surface area contributed by atoms with Crippen LogP contribution in [0.25, 0.3) is 0 Å². The number of aliphatic imine (C=N–C) groups is 2. The molecular weight excluding hydrogens is 864 g/mol. The van der Waals surface area contributed by atoms with Gasteiger partial charge in [-0.25, -0.2) is 19.1 Å². The Balaban J connectivity index is 0.00000420. The molecule has 0 unspecified atom stereocenters. The molecule has 2 aliphatic rings. The Labute approximate surface area is 376 Å². The molecule has 0 saturated carbocycles. The number of hydrogen-bond acceptors (Lipinski definition) is 19. The fourth-order valence-electron chi connectivity index (χ4n) is 4.13. The van der Waals surface area contributed by atoms with E-state index in [4.69, 9.17) is 38.0 Å². The molecule has 21 nitrogen and oxygen atoms in total. The van der Waals surface area contributed by atoms with Gasteiger partial charge in [0.2, 0.25) is 5.28 Å². The summed E-state index contributed by atoms with van der Waals surface area (Å²) in [5.74, 6) is -1.30. The first-order chi connectivity index (χ1) is 25.5. The third kappa shape index (κ3) is 14.0. The molecule has 0 aliphatic heterocycles. The number of rotatable bonds is 14. The summed E-state index contributed by atoms with van der Waals surface area (Å²) in [4.78, 5) is 35.0. The first-order valence-corrected chi connectivity index (χ1v) is 18.7. The summed E-state index contributed by atoms with van der Waals surface area (Å²) in [6.45, 7) is -0.794. The molecule has 0 amide bonds. The molecular formula is C28H20ClN9Na2O12S4. The molecule has 0 fully saturated rings. The van der Waals surface area contributed by atoms with Crippen molar-refractivity contribution in [2.24, 2.45) is 15.1 Å². The number of fused-ring (bicyclic) bond motifs is 1. The SMILES string of the molecule is O=[N+]([O-])c1ccc(NC([S-])=Nc2nc(Cl)nc(N=C3C=CC4=C([O-])C(=NNc5ccc(SOOCCOS(=O)(=O)O)cc5)C(S(=O)(=O)O)=CC4=C3)n2)cc1.[Na+].[Na+].